The molecule has 3 heterocycles. The summed E-state index contributed by atoms with van der Waals surface area (Å²) < 4.78 is 7.67. The third-order valence-electron chi connectivity index (χ3n) is 6.15. The molecule has 196 valence electrons. The predicted molar refractivity (Wildman–Crippen MR) is 146 cm³/mol. The minimum absolute atomic E-state index is 0.122. The topological polar surface area (TPSA) is 127 Å². The fraction of sp³-hybridized carbons (Fsp3) is 0.360. The van der Waals surface area contributed by atoms with E-state index in [4.69, 9.17) is 43.6 Å². The van der Waals surface area contributed by atoms with Gasteiger partial charge in [0, 0.05) is 50.1 Å². The number of likely N-dealkylation sites (N-methyl/N-ethyl adjacent to an activating group) is 1. The van der Waals surface area contributed by atoms with Crippen molar-refractivity contribution in [3.05, 3.63) is 63.2 Å². The number of allylic oxidation sites excluding steroid dienone is 1. The monoisotopic (exact) mass is 544 g/mol. The molecule has 0 spiro atoms. The Kier molecular flexibility index (Phi) is 8.33. The van der Waals surface area contributed by atoms with Crippen LogP contribution in [0, 0.1) is 6.92 Å². The molecule has 2 aromatic heterocycles. The zero-order valence-corrected chi connectivity index (χ0v) is 22.7. The van der Waals surface area contributed by atoms with E-state index in [1.54, 1.807) is 32.3 Å². The summed E-state index contributed by atoms with van der Waals surface area (Å²) in [5, 5.41) is 18.0. The van der Waals surface area contributed by atoms with Gasteiger partial charge in [-0.2, -0.15) is 5.10 Å². The molecule has 0 amide bonds. The minimum Gasteiger partial charge on any atom is -0.491 e. The summed E-state index contributed by atoms with van der Waals surface area (Å²) in [6.07, 6.45) is 2.51. The molecular formula is C25H30Cl2N8O2. The van der Waals surface area contributed by atoms with Crippen LogP contribution in [0.4, 0.5) is 5.82 Å². The SMILES string of the molecule is CN=C(C(Cl)=CN)c1nc(-c2cc(OC[C@H](O)CNC)ccc2Cl)nc(N2Cc3cnn(C)c3C2)c1C. The Morgan fingerprint density at radius 3 is 2.81 bits per heavy atom. The van der Waals surface area contributed by atoms with Crippen LogP contribution >= 0.6 is 23.2 Å². The van der Waals surface area contributed by atoms with Crippen LogP contribution in [0.1, 0.15) is 22.5 Å². The van der Waals surface area contributed by atoms with E-state index in [0.717, 1.165) is 22.6 Å². The smallest absolute Gasteiger partial charge is 0.163 e. The Hall–Kier alpha value is -3.18. The highest BCUT2D eigenvalue weighted by Crippen LogP contribution is 2.35. The van der Waals surface area contributed by atoms with Gasteiger partial charge in [-0.1, -0.05) is 23.2 Å². The molecule has 4 rings (SSSR count). The highest BCUT2D eigenvalue weighted by atomic mass is 35.5. The lowest BCUT2D eigenvalue weighted by molar-refractivity contribution is 0.108. The van der Waals surface area contributed by atoms with Gasteiger partial charge in [0.1, 0.15) is 30.0 Å². The summed E-state index contributed by atoms with van der Waals surface area (Å²) in [7, 11) is 5.33. The van der Waals surface area contributed by atoms with Crippen molar-refractivity contribution in [1.82, 2.24) is 25.1 Å². The van der Waals surface area contributed by atoms with E-state index >= 15 is 0 Å². The number of anilines is 1. The quantitative estimate of drug-likeness (QED) is 0.351. The van der Waals surface area contributed by atoms with Gasteiger partial charge in [0.2, 0.25) is 0 Å². The number of aliphatic hydroxyl groups excluding tert-OH is 1. The van der Waals surface area contributed by atoms with E-state index in [0.29, 0.717) is 53.2 Å². The summed E-state index contributed by atoms with van der Waals surface area (Å²) in [4.78, 5) is 16.3. The van der Waals surface area contributed by atoms with E-state index in [1.807, 2.05) is 24.9 Å². The van der Waals surface area contributed by atoms with Crippen LogP contribution in [-0.2, 0) is 20.1 Å². The summed E-state index contributed by atoms with van der Waals surface area (Å²) in [5.74, 6) is 1.65. The van der Waals surface area contributed by atoms with Gasteiger partial charge >= 0.3 is 0 Å². The van der Waals surface area contributed by atoms with Gasteiger partial charge in [-0.05, 0) is 32.2 Å². The lowest BCUT2D eigenvalue weighted by Crippen LogP contribution is -2.29. The Bertz CT molecular complexity index is 1350. The van der Waals surface area contributed by atoms with Crippen molar-refractivity contribution < 1.29 is 9.84 Å². The Morgan fingerprint density at radius 1 is 1.35 bits per heavy atom. The number of benzene rings is 1. The van der Waals surface area contributed by atoms with Crippen LogP contribution in [0.25, 0.3) is 11.4 Å². The van der Waals surface area contributed by atoms with Crippen LogP contribution in [0.3, 0.4) is 0 Å². The van der Waals surface area contributed by atoms with Gasteiger partial charge in [0.05, 0.1) is 34.2 Å². The first-order chi connectivity index (χ1) is 17.8. The number of nitrogens with one attached hydrogen (secondary N) is 1. The van der Waals surface area contributed by atoms with Gasteiger partial charge in [-0.25, -0.2) is 9.97 Å². The molecule has 0 saturated carbocycles. The standard InChI is InChI=1S/C25H30Cl2N8O2/c1-14-22(23(30-3)20(27)8-28)32-24(33-25(14)35-11-15-9-31-34(4)21(15)12-35)18-7-17(5-6-19(18)26)37-13-16(36)10-29-2/h5-9,16,29,36H,10-13,28H2,1-4H3/t16-/m1/s1. The molecule has 10 nitrogen and oxygen atoms in total. The molecule has 0 fully saturated rings. The number of ether oxygens (including phenoxy) is 1. The zero-order chi connectivity index (χ0) is 26.7. The first-order valence-corrected chi connectivity index (χ1v) is 12.5. The molecule has 4 N–H and O–H groups in total. The van der Waals surface area contributed by atoms with E-state index in [9.17, 15) is 5.11 Å². The summed E-state index contributed by atoms with van der Waals surface area (Å²) in [6.45, 7) is 3.76. The normalized spacial score (nSPS) is 14.7. The van der Waals surface area contributed by atoms with Gasteiger partial charge < -0.3 is 25.8 Å². The Morgan fingerprint density at radius 2 is 2.14 bits per heavy atom. The molecule has 3 aromatic rings. The van der Waals surface area contributed by atoms with Crippen molar-refractivity contribution in [2.24, 2.45) is 17.8 Å². The van der Waals surface area contributed by atoms with Gasteiger partial charge in [-0.15, -0.1) is 0 Å². The number of hydrogen-bond donors (Lipinski definition) is 3. The minimum atomic E-state index is -0.655. The van der Waals surface area contributed by atoms with Gasteiger partial charge in [0.15, 0.2) is 5.82 Å². The fourth-order valence-electron chi connectivity index (χ4n) is 4.26. The first-order valence-electron chi connectivity index (χ1n) is 11.7. The third-order valence-corrected chi connectivity index (χ3v) is 6.79. The van der Waals surface area contributed by atoms with Crippen molar-refractivity contribution in [2.45, 2.75) is 26.1 Å². The molecule has 1 aromatic carbocycles. The lowest BCUT2D eigenvalue weighted by atomic mass is 10.1. The highest BCUT2D eigenvalue weighted by Gasteiger charge is 2.28. The van der Waals surface area contributed by atoms with Crippen LogP contribution in [-0.4, -0.2) is 63.9 Å². The Labute approximate surface area is 225 Å². The molecule has 1 atom stereocenters. The molecule has 1 aliphatic heterocycles. The molecule has 0 radical (unpaired) electrons. The first kappa shape index (κ1) is 26.9. The summed E-state index contributed by atoms with van der Waals surface area (Å²) >= 11 is 13.0. The average Bonchev–Trinajstić information content (AvgIpc) is 3.46. The molecule has 0 unspecified atom stereocenters. The number of aromatic nitrogens is 4. The number of aliphatic imine (C=N–C) groups is 1. The van der Waals surface area contributed by atoms with Gasteiger partial charge in [0.25, 0.3) is 0 Å². The molecule has 37 heavy (non-hydrogen) atoms. The maximum atomic E-state index is 10.0. The summed E-state index contributed by atoms with van der Waals surface area (Å²) in [5.41, 5.74) is 10.4. The molecular weight excluding hydrogens is 515 g/mol. The van der Waals surface area contributed by atoms with Crippen LogP contribution in [0.5, 0.6) is 5.75 Å². The third kappa shape index (κ3) is 5.57. The lowest BCUT2D eigenvalue weighted by Gasteiger charge is -2.22. The maximum Gasteiger partial charge on any atom is 0.163 e. The van der Waals surface area contributed by atoms with Crippen LogP contribution in [0.15, 0.2) is 40.6 Å². The second-order valence-corrected chi connectivity index (χ2v) is 9.51. The molecule has 0 aliphatic carbocycles. The second kappa shape index (κ2) is 11.5. The van der Waals surface area contributed by atoms with E-state index in [1.165, 1.54) is 6.20 Å². The molecule has 0 saturated heterocycles. The van der Waals surface area contributed by atoms with Crippen molar-refractivity contribution in [1.29, 1.82) is 0 Å². The molecule has 1 aliphatic rings. The van der Waals surface area contributed by atoms with Crippen molar-refractivity contribution in [2.75, 3.05) is 32.1 Å². The molecule has 12 heteroatoms. The van der Waals surface area contributed by atoms with Crippen LogP contribution < -0.4 is 20.7 Å². The average molecular weight is 545 g/mol. The number of rotatable bonds is 9. The number of halogens is 2. The van der Waals surface area contributed by atoms with Crippen LogP contribution in [0.2, 0.25) is 5.02 Å². The number of fused-ring (bicyclic) bond motifs is 1. The number of aliphatic hydroxyl groups is 1. The van der Waals surface area contributed by atoms with Crippen molar-refractivity contribution in [3.8, 4) is 17.1 Å². The fourth-order valence-corrected chi connectivity index (χ4v) is 4.63. The number of aryl methyl sites for hydroxylation is 1. The van der Waals surface area contributed by atoms with Gasteiger partial charge in [-0.3, -0.25) is 9.67 Å². The number of hydrogen-bond acceptors (Lipinski definition) is 9. The molecule has 0 bridgehead atoms. The highest BCUT2D eigenvalue weighted by molar-refractivity contribution is 6.46. The van der Waals surface area contributed by atoms with E-state index < -0.39 is 6.10 Å². The summed E-state index contributed by atoms with van der Waals surface area (Å²) in [6, 6.07) is 5.22. The Balaban J connectivity index is 1.80. The predicted octanol–water partition coefficient (Wildman–Crippen LogP) is 2.78. The van der Waals surface area contributed by atoms with Crippen molar-refractivity contribution >= 4 is 34.7 Å². The van der Waals surface area contributed by atoms with Crippen molar-refractivity contribution in [3.63, 3.8) is 0 Å². The van der Waals surface area contributed by atoms with E-state index in [2.05, 4.69) is 20.3 Å². The number of nitrogens with two attached hydrogens (primary N) is 1. The number of nitrogens with zero attached hydrogens (tertiary/aromatic N) is 6. The zero-order valence-electron chi connectivity index (χ0n) is 21.2. The largest absolute Gasteiger partial charge is 0.491 e. The van der Waals surface area contributed by atoms with E-state index in [-0.39, 0.29) is 11.6 Å². The second-order valence-electron chi connectivity index (χ2n) is 8.69. The maximum absolute atomic E-state index is 10.0.